The summed E-state index contributed by atoms with van der Waals surface area (Å²) < 4.78 is 0. The van der Waals surface area contributed by atoms with Gasteiger partial charge in [0.25, 0.3) is 0 Å². The molecule has 0 aromatic heterocycles. The maximum absolute atomic E-state index is 6.00. The molecule has 0 aliphatic heterocycles. The van der Waals surface area contributed by atoms with Gasteiger partial charge in [-0.3, -0.25) is 36.2 Å². The normalized spacial score (nSPS) is 2.25. The van der Waals surface area contributed by atoms with Crippen molar-refractivity contribution in [3.63, 3.8) is 0 Å². The molecule has 0 atom stereocenters. The SMILES string of the molecule is F.OO.OO.OO.[H-].[K+]. The van der Waals surface area contributed by atoms with Crippen molar-refractivity contribution in [2.75, 3.05) is 0 Å². The van der Waals surface area contributed by atoms with Crippen LogP contribution in [0, 0.1) is 0 Å². The average molecular weight is 162 g/mol. The molecule has 0 aliphatic carbocycles. The van der Waals surface area contributed by atoms with Gasteiger partial charge in [0, 0.05) is 0 Å². The van der Waals surface area contributed by atoms with Gasteiger partial charge in [-0.15, -0.1) is 0 Å². The molecule has 0 amide bonds. The van der Waals surface area contributed by atoms with Crippen molar-refractivity contribution < 1.29 is 89.1 Å². The fourth-order valence-electron chi connectivity index (χ4n) is 0. The second-order valence-corrected chi connectivity index (χ2v) is 0. The summed E-state index contributed by atoms with van der Waals surface area (Å²) in [5.74, 6) is 0. The standard InChI is InChI=1S/FH.K.3H2O2.H/c;;3*1-2;/h1H;;3*1-2H;/q;+1;;;;-1. The first-order valence-corrected chi connectivity index (χ1v) is 0.600. The van der Waals surface area contributed by atoms with Gasteiger partial charge in [-0.05, 0) is 0 Å². The number of halogens is 1. The molecule has 0 radical (unpaired) electrons. The van der Waals surface area contributed by atoms with Crippen LogP contribution in [0.3, 0.4) is 0 Å². The molecule has 52 valence electrons. The van der Waals surface area contributed by atoms with Crippen LogP contribution in [0.1, 0.15) is 1.43 Å². The van der Waals surface area contributed by atoms with E-state index in [1.54, 1.807) is 0 Å². The van der Waals surface area contributed by atoms with E-state index in [-0.39, 0.29) is 57.5 Å². The van der Waals surface area contributed by atoms with E-state index >= 15 is 0 Å². The first-order chi connectivity index (χ1) is 3.00. The smallest absolute Gasteiger partial charge is 1.00 e. The Morgan fingerprint density at radius 1 is 0.625 bits per heavy atom. The van der Waals surface area contributed by atoms with E-state index in [1.165, 1.54) is 0 Å². The Morgan fingerprint density at radius 2 is 0.625 bits per heavy atom. The molecule has 0 rings (SSSR count). The third kappa shape index (κ3) is 167. The monoisotopic (exact) mass is 162 g/mol. The Labute approximate surface area is 88.1 Å². The molecule has 0 unspecified atom stereocenters. The van der Waals surface area contributed by atoms with Crippen LogP contribution in [0.15, 0.2) is 0 Å². The Balaban J connectivity index is -0.00000000321. The largest absolute Gasteiger partial charge is 1.00 e. The van der Waals surface area contributed by atoms with Crippen molar-refractivity contribution in [1.29, 1.82) is 0 Å². The molecule has 0 aliphatic rings. The molecule has 0 aromatic carbocycles. The van der Waals surface area contributed by atoms with Crippen LogP contribution in [-0.2, 0) is 0 Å². The Hall–Kier alpha value is 1.33. The van der Waals surface area contributed by atoms with E-state index in [4.69, 9.17) is 31.5 Å². The Kier molecular flexibility index (Phi) is 1100. The van der Waals surface area contributed by atoms with Crippen molar-refractivity contribution in [3.8, 4) is 0 Å². The maximum Gasteiger partial charge on any atom is 1.00 e. The van der Waals surface area contributed by atoms with Crippen molar-refractivity contribution in [1.82, 2.24) is 0 Å². The van der Waals surface area contributed by atoms with Gasteiger partial charge in [-0.1, -0.05) is 0 Å². The minimum Gasteiger partial charge on any atom is -1.00 e. The summed E-state index contributed by atoms with van der Waals surface area (Å²) in [4.78, 5) is 0. The fourth-order valence-corrected chi connectivity index (χ4v) is 0. The number of hydrogen-bond donors (Lipinski definition) is 6. The van der Waals surface area contributed by atoms with Crippen molar-refractivity contribution in [2.45, 2.75) is 0 Å². The van der Waals surface area contributed by atoms with Crippen LogP contribution >= 0.6 is 0 Å². The Bertz CT molecular complexity index is 13.0. The molecule has 0 aromatic rings. The molecule has 0 saturated heterocycles. The molecule has 6 nitrogen and oxygen atoms in total. The summed E-state index contributed by atoms with van der Waals surface area (Å²) in [6.07, 6.45) is 0. The number of rotatable bonds is 0. The zero-order valence-corrected chi connectivity index (χ0v) is 7.21. The topological polar surface area (TPSA) is 121 Å². The van der Waals surface area contributed by atoms with Gasteiger partial charge in [0.15, 0.2) is 0 Å². The number of hydrogen-bond acceptors (Lipinski definition) is 6. The first-order valence-electron chi connectivity index (χ1n) is 0.600. The summed E-state index contributed by atoms with van der Waals surface area (Å²) in [5, 5.41) is 36.0. The minimum atomic E-state index is 0. The average Bonchev–Trinajstić information content (AvgIpc) is 1.81. The Morgan fingerprint density at radius 3 is 0.625 bits per heavy atom. The molecule has 0 fully saturated rings. The van der Waals surface area contributed by atoms with Crippen molar-refractivity contribution in [2.24, 2.45) is 0 Å². The fraction of sp³-hybridized carbons (Fsp3) is 0. The van der Waals surface area contributed by atoms with E-state index in [9.17, 15) is 0 Å². The van der Waals surface area contributed by atoms with Gasteiger partial charge in [0.1, 0.15) is 0 Å². The van der Waals surface area contributed by atoms with Crippen LogP contribution in [0.5, 0.6) is 0 Å². The van der Waals surface area contributed by atoms with Crippen molar-refractivity contribution >= 4 is 0 Å². The summed E-state index contributed by atoms with van der Waals surface area (Å²) in [6, 6.07) is 0. The van der Waals surface area contributed by atoms with Crippen LogP contribution in [0.2, 0.25) is 0 Å². The van der Waals surface area contributed by atoms with E-state index in [0.29, 0.717) is 0 Å². The van der Waals surface area contributed by atoms with E-state index in [2.05, 4.69) is 0 Å². The maximum atomic E-state index is 6.00. The van der Waals surface area contributed by atoms with Gasteiger partial charge in [-0.2, -0.15) is 0 Å². The molecule has 0 bridgehead atoms. The van der Waals surface area contributed by atoms with Crippen LogP contribution in [-0.4, -0.2) is 31.5 Å². The molecule has 6 N–H and O–H groups in total. The second kappa shape index (κ2) is 254. The van der Waals surface area contributed by atoms with E-state index in [1.807, 2.05) is 0 Å². The summed E-state index contributed by atoms with van der Waals surface area (Å²) >= 11 is 0. The van der Waals surface area contributed by atoms with Gasteiger partial charge in [0.05, 0.1) is 0 Å². The van der Waals surface area contributed by atoms with Crippen molar-refractivity contribution in [3.05, 3.63) is 0 Å². The third-order valence-corrected chi connectivity index (χ3v) is 0. The minimum absolute atomic E-state index is 0. The molecular weight excluding hydrogens is 154 g/mol. The predicted octanol–water partition coefficient (Wildman–Crippen LogP) is -2.68. The van der Waals surface area contributed by atoms with Crippen LogP contribution < -0.4 is 51.4 Å². The molecule has 8 heavy (non-hydrogen) atoms. The van der Waals surface area contributed by atoms with Crippen LogP contribution in [0.4, 0.5) is 4.70 Å². The zero-order valence-electron chi connectivity index (χ0n) is 5.09. The molecule has 0 spiro atoms. The second-order valence-electron chi connectivity index (χ2n) is 0. The first kappa shape index (κ1) is 34.5. The molecule has 0 heterocycles. The van der Waals surface area contributed by atoms with Gasteiger partial charge < -0.3 is 1.43 Å². The predicted molar refractivity (Wildman–Crippen MR) is 19.4 cm³/mol. The van der Waals surface area contributed by atoms with Gasteiger partial charge in [0.2, 0.25) is 0 Å². The van der Waals surface area contributed by atoms with Gasteiger partial charge in [-0.25, -0.2) is 0 Å². The third-order valence-electron chi connectivity index (χ3n) is 0. The molecule has 8 heteroatoms. The summed E-state index contributed by atoms with van der Waals surface area (Å²) in [5.41, 5.74) is 0. The zero-order chi connectivity index (χ0) is 6.00. The van der Waals surface area contributed by atoms with Gasteiger partial charge >= 0.3 is 51.4 Å². The van der Waals surface area contributed by atoms with E-state index in [0.717, 1.165) is 0 Å². The quantitative estimate of drug-likeness (QED) is 0.131. The van der Waals surface area contributed by atoms with Crippen LogP contribution in [0.25, 0.3) is 0 Å². The van der Waals surface area contributed by atoms with E-state index < -0.39 is 0 Å². The summed E-state index contributed by atoms with van der Waals surface area (Å²) in [7, 11) is 0. The summed E-state index contributed by atoms with van der Waals surface area (Å²) in [6.45, 7) is 0. The molecular formula is H8FKO6. The molecule has 0 saturated carbocycles.